The van der Waals surface area contributed by atoms with Crippen molar-refractivity contribution in [2.45, 2.75) is 0 Å². The Kier molecular flexibility index (Phi) is 6.75. The molecule has 0 atom stereocenters. The van der Waals surface area contributed by atoms with Crippen LogP contribution in [0.4, 0.5) is 11.4 Å². The monoisotopic (exact) mass is 493 g/mol. The first kappa shape index (κ1) is 21.9. The largest absolute Gasteiger partial charge is 0.497 e. The third kappa shape index (κ3) is 5.11. The molecular formula is C25H24BrN3O3. The summed E-state index contributed by atoms with van der Waals surface area (Å²) in [4.78, 5) is 29.3. The van der Waals surface area contributed by atoms with Crippen molar-refractivity contribution < 1.29 is 14.3 Å². The van der Waals surface area contributed by atoms with Crippen molar-refractivity contribution >= 4 is 39.1 Å². The van der Waals surface area contributed by atoms with Crippen molar-refractivity contribution in [2.24, 2.45) is 0 Å². The maximum Gasteiger partial charge on any atom is 0.255 e. The summed E-state index contributed by atoms with van der Waals surface area (Å²) in [5.74, 6) is 0.636. The van der Waals surface area contributed by atoms with Gasteiger partial charge >= 0.3 is 0 Å². The first-order valence-corrected chi connectivity index (χ1v) is 11.2. The van der Waals surface area contributed by atoms with Gasteiger partial charge in [0.1, 0.15) is 5.75 Å². The van der Waals surface area contributed by atoms with Gasteiger partial charge in [0.15, 0.2) is 0 Å². The van der Waals surface area contributed by atoms with Crippen molar-refractivity contribution in [1.29, 1.82) is 0 Å². The number of methoxy groups -OCH3 is 1. The number of nitrogens with one attached hydrogen (secondary N) is 1. The minimum absolute atomic E-state index is 0.0401. The maximum atomic E-state index is 12.7. The van der Waals surface area contributed by atoms with Crippen LogP contribution >= 0.6 is 15.9 Å². The van der Waals surface area contributed by atoms with Gasteiger partial charge in [0.25, 0.3) is 11.8 Å². The molecule has 0 unspecified atom stereocenters. The van der Waals surface area contributed by atoms with Gasteiger partial charge in [-0.15, -0.1) is 0 Å². The minimum Gasteiger partial charge on any atom is -0.497 e. The number of carbonyl (C=O) groups is 2. The van der Waals surface area contributed by atoms with Crippen LogP contribution in [-0.4, -0.2) is 50.0 Å². The molecule has 0 aromatic heterocycles. The Morgan fingerprint density at radius 2 is 1.41 bits per heavy atom. The number of hydrogen-bond donors (Lipinski definition) is 1. The Hall–Kier alpha value is -3.32. The van der Waals surface area contributed by atoms with Crippen LogP contribution in [0.5, 0.6) is 5.75 Å². The zero-order valence-electron chi connectivity index (χ0n) is 17.8. The topological polar surface area (TPSA) is 61.9 Å². The lowest BCUT2D eigenvalue weighted by atomic mass is 10.1. The van der Waals surface area contributed by atoms with Gasteiger partial charge in [0.05, 0.1) is 7.11 Å². The summed E-state index contributed by atoms with van der Waals surface area (Å²) in [5.41, 5.74) is 3.10. The van der Waals surface area contributed by atoms with Crippen LogP contribution in [0.15, 0.2) is 77.3 Å². The number of anilines is 2. The van der Waals surface area contributed by atoms with E-state index < -0.39 is 0 Å². The number of amides is 2. The van der Waals surface area contributed by atoms with Crippen molar-refractivity contribution in [2.75, 3.05) is 43.5 Å². The molecular weight excluding hydrogens is 470 g/mol. The molecule has 1 saturated heterocycles. The molecule has 0 radical (unpaired) electrons. The predicted molar refractivity (Wildman–Crippen MR) is 130 cm³/mol. The number of hydrogen-bond acceptors (Lipinski definition) is 4. The summed E-state index contributed by atoms with van der Waals surface area (Å²) in [5, 5.41) is 2.92. The molecule has 32 heavy (non-hydrogen) atoms. The zero-order valence-corrected chi connectivity index (χ0v) is 19.3. The number of halogens is 1. The van der Waals surface area contributed by atoms with E-state index in [9.17, 15) is 9.59 Å². The molecule has 1 N–H and O–H groups in total. The number of nitrogens with zero attached hydrogens (tertiary/aromatic N) is 2. The van der Waals surface area contributed by atoms with Gasteiger partial charge in [0, 0.05) is 53.2 Å². The highest BCUT2D eigenvalue weighted by Crippen LogP contribution is 2.21. The Balaban J connectivity index is 1.32. The molecule has 1 aliphatic rings. The fraction of sp³-hybridized carbons (Fsp3) is 0.200. The molecule has 1 fully saturated rings. The Morgan fingerprint density at radius 1 is 0.812 bits per heavy atom. The standard InChI is InChI=1S/C25H24BrN3O3/c1-32-23-12-4-19(5-13-23)25(31)29-16-14-28(15-17-29)22-10-8-21(9-11-22)27-24(30)18-2-6-20(26)7-3-18/h2-13H,14-17H2,1H3,(H,27,30). The lowest BCUT2D eigenvalue weighted by Gasteiger charge is -2.36. The molecule has 2 amide bonds. The third-order valence-electron chi connectivity index (χ3n) is 5.50. The second-order valence-electron chi connectivity index (χ2n) is 7.52. The van der Waals surface area contributed by atoms with Crippen molar-refractivity contribution in [3.63, 3.8) is 0 Å². The number of ether oxygens (including phenoxy) is 1. The van der Waals surface area contributed by atoms with E-state index in [1.54, 1.807) is 43.5 Å². The van der Waals surface area contributed by atoms with Crippen molar-refractivity contribution in [1.82, 2.24) is 4.90 Å². The number of carbonyl (C=O) groups excluding carboxylic acids is 2. The van der Waals surface area contributed by atoms with Crippen LogP contribution in [0.1, 0.15) is 20.7 Å². The molecule has 3 aromatic carbocycles. The molecule has 7 heteroatoms. The Bertz CT molecular complexity index is 1070. The van der Waals surface area contributed by atoms with Crippen LogP contribution in [0.25, 0.3) is 0 Å². The van der Waals surface area contributed by atoms with E-state index in [1.165, 1.54) is 0 Å². The van der Waals surface area contributed by atoms with Gasteiger partial charge in [-0.2, -0.15) is 0 Å². The highest BCUT2D eigenvalue weighted by molar-refractivity contribution is 9.10. The fourth-order valence-electron chi connectivity index (χ4n) is 3.64. The van der Waals surface area contributed by atoms with E-state index in [0.717, 1.165) is 34.7 Å². The third-order valence-corrected chi connectivity index (χ3v) is 6.03. The molecule has 1 aliphatic heterocycles. The Labute approximate surface area is 195 Å². The normalized spacial score (nSPS) is 13.6. The first-order chi connectivity index (χ1) is 15.5. The van der Waals surface area contributed by atoms with Crippen LogP contribution in [-0.2, 0) is 0 Å². The molecule has 6 nitrogen and oxygen atoms in total. The summed E-state index contributed by atoms with van der Waals surface area (Å²) >= 11 is 3.37. The SMILES string of the molecule is COc1ccc(C(=O)N2CCN(c3ccc(NC(=O)c4ccc(Br)cc4)cc3)CC2)cc1. The van der Waals surface area contributed by atoms with Gasteiger partial charge in [-0.05, 0) is 72.8 Å². The van der Waals surface area contributed by atoms with Gasteiger partial charge in [-0.1, -0.05) is 15.9 Å². The average molecular weight is 494 g/mol. The molecule has 4 rings (SSSR count). The lowest BCUT2D eigenvalue weighted by molar-refractivity contribution is 0.0746. The quantitative estimate of drug-likeness (QED) is 0.560. The molecule has 0 bridgehead atoms. The molecule has 164 valence electrons. The second-order valence-corrected chi connectivity index (χ2v) is 8.43. The predicted octanol–water partition coefficient (Wildman–Crippen LogP) is 4.67. The highest BCUT2D eigenvalue weighted by atomic mass is 79.9. The van der Waals surface area contributed by atoms with E-state index in [2.05, 4.69) is 26.1 Å². The van der Waals surface area contributed by atoms with Crippen molar-refractivity contribution in [3.8, 4) is 5.75 Å². The molecule has 0 aliphatic carbocycles. The van der Waals surface area contributed by atoms with Gasteiger partial charge in [-0.3, -0.25) is 9.59 Å². The fourth-order valence-corrected chi connectivity index (χ4v) is 3.91. The number of piperazine rings is 1. The van der Waals surface area contributed by atoms with Crippen LogP contribution in [0.3, 0.4) is 0 Å². The smallest absolute Gasteiger partial charge is 0.255 e. The first-order valence-electron chi connectivity index (χ1n) is 10.4. The lowest BCUT2D eigenvalue weighted by Crippen LogP contribution is -2.48. The van der Waals surface area contributed by atoms with Gasteiger partial charge in [0.2, 0.25) is 0 Å². The van der Waals surface area contributed by atoms with E-state index >= 15 is 0 Å². The molecule has 3 aromatic rings. The Morgan fingerprint density at radius 3 is 2.00 bits per heavy atom. The number of benzene rings is 3. The molecule has 0 spiro atoms. The number of rotatable bonds is 5. The van der Waals surface area contributed by atoms with Crippen molar-refractivity contribution in [3.05, 3.63) is 88.4 Å². The van der Waals surface area contributed by atoms with Crippen LogP contribution in [0.2, 0.25) is 0 Å². The summed E-state index contributed by atoms with van der Waals surface area (Å²) in [7, 11) is 1.61. The minimum atomic E-state index is -0.143. The maximum absolute atomic E-state index is 12.7. The van der Waals surface area contributed by atoms with Crippen LogP contribution in [0, 0.1) is 0 Å². The van der Waals surface area contributed by atoms with E-state index in [-0.39, 0.29) is 11.8 Å². The molecule has 0 saturated carbocycles. The summed E-state index contributed by atoms with van der Waals surface area (Å²) in [6, 6.07) is 22.3. The van der Waals surface area contributed by atoms with Gasteiger partial charge < -0.3 is 19.9 Å². The van der Waals surface area contributed by atoms with E-state index in [0.29, 0.717) is 24.2 Å². The second kappa shape index (κ2) is 9.87. The highest BCUT2D eigenvalue weighted by Gasteiger charge is 2.22. The van der Waals surface area contributed by atoms with E-state index in [1.807, 2.05) is 41.3 Å². The van der Waals surface area contributed by atoms with Gasteiger partial charge in [-0.25, -0.2) is 0 Å². The zero-order chi connectivity index (χ0) is 22.5. The van der Waals surface area contributed by atoms with Crippen LogP contribution < -0.4 is 15.0 Å². The summed E-state index contributed by atoms with van der Waals surface area (Å²) < 4.78 is 6.09. The average Bonchev–Trinajstić information content (AvgIpc) is 2.84. The summed E-state index contributed by atoms with van der Waals surface area (Å²) in [6.07, 6.45) is 0. The van der Waals surface area contributed by atoms with E-state index in [4.69, 9.17) is 4.74 Å². The summed E-state index contributed by atoms with van der Waals surface area (Å²) in [6.45, 7) is 2.83. The molecule has 1 heterocycles.